The molecule has 0 aliphatic heterocycles. The Labute approximate surface area is 53.6 Å². The van der Waals surface area contributed by atoms with Crippen molar-refractivity contribution in [3.05, 3.63) is 18.3 Å². The fourth-order valence-corrected chi connectivity index (χ4v) is 1.05. The molecule has 1 rings (SSSR count). The van der Waals surface area contributed by atoms with Gasteiger partial charge in [-0.1, -0.05) is 0 Å². The molecule has 1 radical (unpaired) electrons. The van der Waals surface area contributed by atoms with E-state index < -0.39 is 9.84 Å². The molecule has 49 valence electrons. The molecular weight excluding hydrogens is 138 g/mol. The Morgan fingerprint density at radius 3 is 2.56 bits per heavy atom. The lowest BCUT2D eigenvalue weighted by atomic mass is 10.7. The Bertz CT molecular complexity index is 272. The van der Waals surface area contributed by atoms with Crippen LogP contribution in [0.15, 0.2) is 17.2 Å². The van der Waals surface area contributed by atoms with Gasteiger partial charge in [-0.15, -0.1) is 0 Å². The highest BCUT2D eigenvalue weighted by Crippen LogP contribution is 2.01. The summed E-state index contributed by atoms with van der Waals surface area (Å²) in [4.78, 5) is 2.46. The molecule has 1 N–H and O–H groups in total. The summed E-state index contributed by atoms with van der Waals surface area (Å²) in [6.45, 7) is 0. The van der Waals surface area contributed by atoms with Gasteiger partial charge in [0.15, 0.2) is 9.84 Å². The van der Waals surface area contributed by atoms with Gasteiger partial charge in [-0.25, -0.2) is 8.42 Å². The van der Waals surface area contributed by atoms with Gasteiger partial charge in [-0.2, -0.15) is 0 Å². The third-order valence-corrected chi connectivity index (χ3v) is 1.95. The molecule has 1 aromatic heterocycles. The number of aromatic nitrogens is 1. The van der Waals surface area contributed by atoms with Gasteiger partial charge in [0.25, 0.3) is 0 Å². The summed E-state index contributed by atoms with van der Waals surface area (Å²) in [5, 5.41) is 0.211. The van der Waals surface area contributed by atoms with E-state index in [1.165, 1.54) is 12.1 Å². The van der Waals surface area contributed by atoms with Crippen LogP contribution in [0.1, 0.15) is 0 Å². The molecule has 3 nitrogen and oxygen atoms in total. The minimum atomic E-state index is -3.05. The van der Waals surface area contributed by atoms with Crippen molar-refractivity contribution in [1.29, 1.82) is 0 Å². The van der Waals surface area contributed by atoms with Crippen LogP contribution < -0.4 is 0 Å². The number of nitrogens with one attached hydrogen (secondary N) is 1. The molecule has 0 saturated carbocycles. The van der Waals surface area contributed by atoms with Crippen molar-refractivity contribution in [2.45, 2.75) is 5.03 Å². The predicted molar refractivity (Wildman–Crippen MR) is 32.7 cm³/mol. The number of rotatable bonds is 1. The average molecular weight is 144 g/mol. The van der Waals surface area contributed by atoms with E-state index in [2.05, 4.69) is 11.2 Å². The van der Waals surface area contributed by atoms with Crippen LogP contribution in [0.2, 0.25) is 0 Å². The van der Waals surface area contributed by atoms with Gasteiger partial charge in [0, 0.05) is 6.26 Å². The second-order valence-electron chi connectivity index (χ2n) is 1.74. The molecule has 0 fully saturated rings. The van der Waals surface area contributed by atoms with Crippen molar-refractivity contribution in [2.75, 3.05) is 6.26 Å². The minimum absolute atomic E-state index is 0.211. The van der Waals surface area contributed by atoms with Gasteiger partial charge in [-0.05, 0) is 12.1 Å². The van der Waals surface area contributed by atoms with E-state index in [1.54, 1.807) is 0 Å². The fraction of sp³-hybridized carbons (Fsp3) is 0.200. The van der Waals surface area contributed by atoms with Crippen LogP contribution in [-0.4, -0.2) is 19.7 Å². The lowest BCUT2D eigenvalue weighted by Gasteiger charge is -1.87. The quantitative estimate of drug-likeness (QED) is 0.613. The standard InChI is InChI=1S/C5H6NO2S/c1-9(7,8)5-3-2-4-6-5/h2-3,6H,1H3. The Kier molecular flexibility index (Phi) is 1.32. The number of hydrogen-bond acceptors (Lipinski definition) is 2. The third-order valence-electron chi connectivity index (χ3n) is 0.913. The minimum Gasteiger partial charge on any atom is -0.344 e. The normalized spacial score (nSPS) is 11.7. The smallest absolute Gasteiger partial charge is 0.190 e. The lowest BCUT2D eigenvalue weighted by molar-refractivity contribution is 0.599. The maximum atomic E-state index is 10.6. The topological polar surface area (TPSA) is 49.9 Å². The van der Waals surface area contributed by atoms with Crippen molar-refractivity contribution in [3.8, 4) is 0 Å². The van der Waals surface area contributed by atoms with Gasteiger partial charge in [0.05, 0.1) is 6.20 Å². The van der Waals surface area contributed by atoms with Crippen molar-refractivity contribution >= 4 is 9.84 Å². The molecule has 4 heteroatoms. The molecule has 0 amide bonds. The van der Waals surface area contributed by atoms with Crippen molar-refractivity contribution in [2.24, 2.45) is 0 Å². The van der Waals surface area contributed by atoms with Gasteiger partial charge < -0.3 is 4.98 Å². The van der Waals surface area contributed by atoms with E-state index in [0.717, 1.165) is 6.26 Å². The number of aromatic amines is 1. The molecule has 0 atom stereocenters. The van der Waals surface area contributed by atoms with Gasteiger partial charge in [0.2, 0.25) is 0 Å². The van der Waals surface area contributed by atoms with E-state index in [9.17, 15) is 8.42 Å². The van der Waals surface area contributed by atoms with Crippen LogP contribution in [0.3, 0.4) is 0 Å². The molecule has 1 aromatic rings. The zero-order valence-electron chi connectivity index (χ0n) is 4.88. The first-order valence-corrected chi connectivity index (χ1v) is 4.25. The molecule has 0 spiro atoms. The van der Waals surface area contributed by atoms with Gasteiger partial charge >= 0.3 is 0 Å². The van der Waals surface area contributed by atoms with E-state index >= 15 is 0 Å². The van der Waals surface area contributed by atoms with Crippen LogP contribution in [0.5, 0.6) is 0 Å². The monoisotopic (exact) mass is 144 g/mol. The van der Waals surface area contributed by atoms with Crippen molar-refractivity contribution in [1.82, 2.24) is 4.98 Å². The zero-order valence-corrected chi connectivity index (χ0v) is 5.70. The molecule has 0 bridgehead atoms. The maximum Gasteiger partial charge on any atom is 0.190 e. The maximum absolute atomic E-state index is 10.6. The van der Waals surface area contributed by atoms with Gasteiger partial charge in [-0.3, -0.25) is 0 Å². The number of hydrogen-bond donors (Lipinski definition) is 1. The van der Waals surface area contributed by atoms with E-state index in [1.807, 2.05) is 0 Å². The first-order valence-electron chi connectivity index (χ1n) is 2.36. The Morgan fingerprint density at radius 1 is 1.67 bits per heavy atom. The predicted octanol–water partition coefficient (Wildman–Crippen LogP) is 0.218. The van der Waals surface area contributed by atoms with Crippen LogP contribution in [0.25, 0.3) is 0 Å². The summed E-state index contributed by atoms with van der Waals surface area (Å²) >= 11 is 0. The second kappa shape index (κ2) is 1.88. The lowest BCUT2D eigenvalue weighted by Crippen LogP contribution is -1.95. The molecule has 0 aliphatic carbocycles. The highest BCUT2D eigenvalue weighted by molar-refractivity contribution is 7.90. The molecule has 0 aromatic carbocycles. The summed E-state index contributed by atoms with van der Waals surface area (Å²) in [7, 11) is -3.05. The summed E-state index contributed by atoms with van der Waals surface area (Å²) < 4.78 is 21.3. The summed E-state index contributed by atoms with van der Waals surface area (Å²) in [5.74, 6) is 0. The molecule has 0 unspecified atom stereocenters. The van der Waals surface area contributed by atoms with Crippen molar-refractivity contribution < 1.29 is 8.42 Å². The highest BCUT2D eigenvalue weighted by Gasteiger charge is 2.04. The molecule has 1 heterocycles. The van der Waals surface area contributed by atoms with Crippen molar-refractivity contribution in [3.63, 3.8) is 0 Å². The third kappa shape index (κ3) is 1.32. The van der Waals surface area contributed by atoms with Gasteiger partial charge in [0.1, 0.15) is 5.03 Å². The first-order chi connectivity index (χ1) is 4.11. The Hall–Kier alpha value is -0.770. The summed E-state index contributed by atoms with van der Waals surface area (Å²) in [6.07, 6.45) is 3.68. The molecule has 0 aliphatic rings. The zero-order chi connectivity index (χ0) is 6.91. The highest BCUT2D eigenvalue weighted by atomic mass is 32.2. The molecule has 0 saturated heterocycles. The average Bonchev–Trinajstić information content (AvgIpc) is 2.08. The Morgan fingerprint density at radius 2 is 2.33 bits per heavy atom. The van der Waals surface area contributed by atoms with Crippen LogP contribution >= 0.6 is 0 Å². The SMILES string of the molecule is CS(=O)(=O)c1cc[c][nH]1. The van der Waals surface area contributed by atoms with E-state index in [0.29, 0.717) is 0 Å². The fourth-order valence-electron chi connectivity index (χ4n) is 0.488. The summed E-state index contributed by atoms with van der Waals surface area (Å²) in [5.41, 5.74) is 0. The van der Waals surface area contributed by atoms with Crippen LogP contribution in [0, 0.1) is 6.20 Å². The van der Waals surface area contributed by atoms with Crippen LogP contribution in [-0.2, 0) is 9.84 Å². The number of sulfone groups is 1. The first kappa shape index (κ1) is 6.35. The largest absolute Gasteiger partial charge is 0.344 e. The van der Waals surface area contributed by atoms with E-state index in [-0.39, 0.29) is 5.03 Å². The van der Waals surface area contributed by atoms with Crippen LogP contribution in [0.4, 0.5) is 0 Å². The molecule has 9 heavy (non-hydrogen) atoms. The Balaban J connectivity index is 3.20. The second-order valence-corrected chi connectivity index (χ2v) is 3.72. The molecular formula is C5H6NO2S. The summed E-state index contributed by atoms with van der Waals surface area (Å²) in [6, 6.07) is 2.99. The van der Waals surface area contributed by atoms with E-state index in [4.69, 9.17) is 0 Å². The number of H-pyrrole nitrogens is 1.